The molecule has 1 heterocycles. The number of carbonyl (C=O) groups is 1. The van der Waals surface area contributed by atoms with Crippen LogP contribution in [-0.4, -0.2) is 39.6 Å². The van der Waals surface area contributed by atoms with Gasteiger partial charge in [-0.1, -0.05) is 39.8 Å². The minimum atomic E-state index is -0.364. The fraction of sp³-hybridized carbons (Fsp3) is 0.0833. The lowest BCUT2D eigenvalue weighted by Crippen LogP contribution is -2.24. The van der Waals surface area contributed by atoms with Crippen molar-refractivity contribution in [2.45, 2.75) is 5.16 Å². The number of para-hydroxylation sites is 1. The van der Waals surface area contributed by atoms with Gasteiger partial charge in [-0.05, 0) is 60.2 Å². The van der Waals surface area contributed by atoms with Gasteiger partial charge in [0.25, 0.3) is 11.5 Å². The molecule has 172 valence electrons. The second-order valence-corrected chi connectivity index (χ2v) is 8.90. The van der Waals surface area contributed by atoms with Crippen LogP contribution in [0, 0.1) is 0 Å². The van der Waals surface area contributed by atoms with Crippen LogP contribution in [0.25, 0.3) is 16.6 Å². The molecule has 10 heteroatoms. The smallest absolute Gasteiger partial charge is 0.266 e. The van der Waals surface area contributed by atoms with Crippen molar-refractivity contribution in [1.82, 2.24) is 15.0 Å². The number of benzene rings is 3. The summed E-state index contributed by atoms with van der Waals surface area (Å²) < 4.78 is 7.44. The number of halogens is 1. The van der Waals surface area contributed by atoms with Gasteiger partial charge in [0.05, 0.1) is 35.7 Å². The van der Waals surface area contributed by atoms with Crippen molar-refractivity contribution in [3.05, 3.63) is 87.1 Å². The minimum absolute atomic E-state index is 0.00243. The number of rotatable bonds is 7. The molecule has 34 heavy (non-hydrogen) atoms. The lowest BCUT2D eigenvalue weighted by molar-refractivity contribution is -0.118. The molecule has 0 saturated heterocycles. The number of aromatic nitrogens is 2. The molecule has 0 fully saturated rings. The Morgan fingerprint density at radius 3 is 2.74 bits per heavy atom. The van der Waals surface area contributed by atoms with Gasteiger partial charge in [-0.15, -0.1) is 0 Å². The first-order valence-corrected chi connectivity index (χ1v) is 11.8. The molecule has 1 aromatic heterocycles. The van der Waals surface area contributed by atoms with Gasteiger partial charge in [-0.25, -0.2) is 10.4 Å². The Labute approximate surface area is 207 Å². The van der Waals surface area contributed by atoms with Crippen LogP contribution in [0.1, 0.15) is 5.56 Å². The summed E-state index contributed by atoms with van der Waals surface area (Å²) in [5.74, 6) is -0.0481. The van der Waals surface area contributed by atoms with E-state index in [4.69, 9.17) is 4.74 Å². The van der Waals surface area contributed by atoms with Crippen molar-refractivity contribution in [2.75, 3.05) is 12.9 Å². The number of aromatic hydroxyl groups is 1. The zero-order valence-corrected chi connectivity index (χ0v) is 20.3. The first kappa shape index (κ1) is 23.5. The van der Waals surface area contributed by atoms with E-state index in [0.717, 1.165) is 16.2 Å². The molecule has 0 aliphatic rings. The molecule has 0 aliphatic carbocycles. The number of hydrogen-bond acceptors (Lipinski definition) is 7. The van der Waals surface area contributed by atoms with Crippen molar-refractivity contribution in [3.63, 3.8) is 0 Å². The van der Waals surface area contributed by atoms with Crippen LogP contribution in [-0.2, 0) is 4.79 Å². The van der Waals surface area contributed by atoms with Gasteiger partial charge in [-0.3, -0.25) is 14.2 Å². The maximum atomic E-state index is 13.2. The summed E-state index contributed by atoms with van der Waals surface area (Å²) in [7, 11) is 1.45. The van der Waals surface area contributed by atoms with Crippen LogP contribution in [0.5, 0.6) is 11.5 Å². The molecule has 0 aliphatic heterocycles. The number of phenols is 1. The number of hydrazone groups is 1. The fourth-order valence-electron chi connectivity index (χ4n) is 3.14. The summed E-state index contributed by atoms with van der Waals surface area (Å²) in [6, 6.07) is 19.1. The van der Waals surface area contributed by atoms with E-state index in [0.29, 0.717) is 33.1 Å². The number of ether oxygens (including phenoxy) is 1. The predicted molar refractivity (Wildman–Crippen MR) is 136 cm³/mol. The lowest BCUT2D eigenvalue weighted by atomic mass is 10.2. The normalized spacial score (nSPS) is 11.1. The first-order chi connectivity index (χ1) is 16.5. The van der Waals surface area contributed by atoms with Crippen LogP contribution >= 0.6 is 27.7 Å². The highest BCUT2D eigenvalue weighted by Gasteiger charge is 2.14. The number of nitrogens with one attached hydrogen (secondary N) is 1. The SMILES string of the molecule is COc1cc(/C=N/NC(=O)CSc2nc3ccccc3c(=O)n2-c2ccc(Br)cc2)ccc1O. The number of methoxy groups -OCH3 is 1. The van der Waals surface area contributed by atoms with Crippen molar-refractivity contribution in [1.29, 1.82) is 0 Å². The Bertz CT molecular complexity index is 1440. The van der Waals surface area contributed by atoms with Crippen LogP contribution in [0.4, 0.5) is 0 Å². The number of hydrogen-bond donors (Lipinski definition) is 2. The number of phenolic OH excluding ortho intramolecular Hbond substituents is 1. The summed E-state index contributed by atoms with van der Waals surface area (Å²) in [5.41, 5.74) is 4.09. The second-order valence-electron chi connectivity index (χ2n) is 7.04. The van der Waals surface area contributed by atoms with E-state index in [2.05, 4.69) is 31.4 Å². The Balaban J connectivity index is 1.53. The molecule has 0 unspecified atom stereocenters. The van der Waals surface area contributed by atoms with E-state index in [9.17, 15) is 14.7 Å². The van der Waals surface area contributed by atoms with Gasteiger partial charge in [-0.2, -0.15) is 5.10 Å². The lowest BCUT2D eigenvalue weighted by Gasteiger charge is -2.13. The van der Waals surface area contributed by atoms with Gasteiger partial charge in [0.2, 0.25) is 0 Å². The van der Waals surface area contributed by atoms with E-state index in [-0.39, 0.29) is 23.0 Å². The third-order valence-corrected chi connectivity index (χ3v) is 6.24. The number of nitrogens with zero attached hydrogens (tertiary/aromatic N) is 3. The van der Waals surface area contributed by atoms with E-state index >= 15 is 0 Å². The molecule has 8 nitrogen and oxygen atoms in total. The Hall–Kier alpha value is -3.63. The fourth-order valence-corrected chi connectivity index (χ4v) is 4.21. The monoisotopic (exact) mass is 538 g/mol. The van der Waals surface area contributed by atoms with E-state index in [1.165, 1.54) is 24.0 Å². The van der Waals surface area contributed by atoms with Gasteiger partial charge in [0.1, 0.15) is 0 Å². The standard InChI is InChI=1S/C24H19BrN4O4S/c1-33-21-12-15(6-11-20(21)30)13-26-28-22(31)14-34-24-27-19-5-3-2-4-18(19)23(32)29(24)17-9-7-16(25)8-10-17/h2-13,30H,14H2,1H3,(H,28,31)/b26-13+. The maximum absolute atomic E-state index is 13.2. The summed E-state index contributed by atoms with van der Waals surface area (Å²) in [5, 5.41) is 14.5. The quantitative estimate of drug-likeness (QED) is 0.159. The highest BCUT2D eigenvalue weighted by atomic mass is 79.9. The second kappa shape index (κ2) is 10.5. The van der Waals surface area contributed by atoms with Gasteiger partial charge in [0.15, 0.2) is 16.7 Å². The van der Waals surface area contributed by atoms with Gasteiger partial charge >= 0.3 is 0 Å². The largest absolute Gasteiger partial charge is 0.504 e. The molecule has 1 amide bonds. The van der Waals surface area contributed by atoms with Crippen molar-refractivity contribution in [3.8, 4) is 17.2 Å². The van der Waals surface area contributed by atoms with Crippen LogP contribution in [0.2, 0.25) is 0 Å². The Morgan fingerprint density at radius 2 is 1.97 bits per heavy atom. The first-order valence-electron chi connectivity index (χ1n) is 10.1. The average molecular weight is 539 g/mol. The minimum Gasteiger partial charge on any atom is -0.504 e. The summed E-state index contributed by atoms with van der Waals surface area (Å²) in [6.07, 6.45) is 1.44. The molecule has 0 bridgehead atoms. The zero-order chi connectivity index (χ0) is 24.1. The Morgan fingerprint density at radius 1 is 1.21 bits per heavy atom. The number of thioether (sulfide) groups is 1. The molecule has 0 atom stereocenters. The van der Waals surface area contributed by atoms with Crippen molar-refractivity contribution < 1.29 is 14.6 Å². The molecular weight excluding hydrogens is 520 g/mol. The summed E-state index contributed by atoms with van der Waals surface area (Å²) in [6.45, 7) is 0. The molecule has 0 saturated carbocycles. The van der Waals surface area contributed by atoms with Crippen LogP contribution < -0.4 is 15.7 Å². The van der Waals surface area contributed by atoms with Crippen LogP contribution in [0.3, 0.4) is 0 Å². The third-order valence-electron chi connectivity index (χ3n) is 4.77. The molecule has 0 radical (unpaired) electrons. The summed E-state index contributed by atoms with van der Waals surface area (Å²) >= 11 is 4.54. The molecule has 3 aromatic carbocycles. The van der Waals surface area contributed by atoms with E-state index in [1.54, 1.807) is 30.3 Å². The molecule has 0 spiro atoms. The van der Waals surface area contributed by atoms with Crippen LogP contribution in [0.15, 0.2) is 86.3 Å². The van der Waals surface area contributed by atoms with E-state index in [1.807, 2.05) is 30.3 Å². The molecular formula is C24H19BrN4O4S. The zero-order valence-electron chi connectivity index (χ0n) is 17.9. The van der Waals surface area contributed by atoms with Crippen molar-refractivity contribution >= 4 is 50.7 Å². The number of fused-ring (bicyclic) bond motifs is 1. The Kier molecular flexibility index (Phi) is 7.29. The molecule has 4 aromatic rings. The maximum Gasteiger partial charge on any atom is 0.266 e. The van der Waals surface area contributed by atoms with E-state index < -0.39 is 0 Å². The molecule has 2 N–H and O–H groups in total. The van der Waals surface area contributed by atoms with Crippen molar-refractivity contribution in [2.24, 2.45) is 5.10 Å². The number of carbonyl (C=O) groups excluding carboxylic acids is 1. The van der Waals surface area contributed by atoms with Gasteiger partial charge < -0.3 is 9.84 Å². The van der Waals surface area contributed by atoms with Gasteiger partial charge in [0, 0.05) is 4.47 Å². The molecule has 4 rings (SSSR count). The third kappa shape index (κ3) is 5.29. The highest BCUT2D eigenvalue weighted by molar-refractivity contribution is 9.10. The predicted octanol–water partition coefficient (Wildman–Crippen LogP) is 4.10. The average Bonchev–Trinajstić information content (AvgIpc) is 2.84. The summed E-state index contributed by atoms with van der Waals surface area (Å²) in [4.78, 5) is 30.2. The highest BCUT2D eigenvalue weighted by Crippen LogP contribution is 2.25. The number of amides is 1. The topological polar surface area (TPSA) is 106 Å².